The van der Waals surface area contributed by atoms with Crippen LogP contribution in [0.4, 0.5) is 0 Å². The number of benzene rings is 1. The molecule has 1 saturated carbocycles. The van der Waals surface area contributed by atoms with E-state index >= 15 is 0 Å². The topological polar surface area (TPSA) is 29.9 Å². The number of hydrogen-bond donors (Lipinski definition) is 1. The highest BCUT2D eigenvalue weighted by Gasteiger charge is 2.27. The van der Waals surface area contributed by atoms with Crippen LogP contribution in [0.3, 0.4) is 0 Å². The molecule has 1 fully saturated rings. The molecule has 2 atom stereocenters. The minimum atomic E-state index is 0.506. The van der Waals surface area contributed by atoms with Crippen molar-refractivity contribution in [3.05, 3.63) is 65.0 Å². The fraction of sp³-hybridized carbons (Fsp3) is 0.476. The third-order valence-corrected chi connectivity index (χ3v) is 5.43. The van der Waals surface area contributed by atoms with Crippen molar-refractivity contribution in [2.75, 3.05) is 6.54 Å². The van der Waals surface area contributed by atoms with E-state index in [9.17, 15) is 0 Å². The minimum Gasteiger partial charge on any atom is -0.310 e. The van der Waals surface area contributed by atoms with Gasteiger partial charge in [0.15, 0.2) is 0 Å². The highest BCUT2D eigenvalue weighted by Crippen LogP contribution is 2.34. The van der Waals surface area contributed by atoms with Crippen LogP contribution in [0.1, 0.15) is 47.7 Å². The zero-order valence-corrected chi connectivity index (χ0v) is 14.7. The maximum absolute atomic E-state index is 4.82. The summed E-state index contributed by atoms with van der Waals surface area (Å²) in [7, 11) is 0. The zero-order valence-electron chi connectivity index (χ0n) is 14.7. The summed E-state index contributed by atoms with van der Waals surface area (Å²) in [6, 6.07) is 11.1. The molecule has 2 aliphatic rings. The molecular weight excluding hydrogens is 294 g/mol. The smallest absolute Gasteiger partial charge is 0.0662 e. The number of nitrogens with one attached hydrogen (secondary N) is 1. The van der Waals surface area contributed by atoms with Crippen LogP contribution < -0.4 is 5.32 Å². The number of hydrogen-bond acceptors (Lipinski definition) is 2. The van der Waals surface area contributed by atoms with Crippen molar-refractivity contribution in [2.45, 2.75) is 51.6 Å². The van der Waals surface area contributed by atoms with E-state index in [-0.39, 0.29) is 0 Å². The Morgan fingerprint density at radius 3 is 2.67 bits per heavy atom. The number of aromatic nitrogens is 2. The van der Waals surface area contributed by atoms with E-state index in [0.717, 1.165) is 12.5 Å². The standard InChI is InChI=1S/C21H27N3/c1-15-21(19-10-11-20(12-19)22-13-17-8-9-17)16(2)24(23-15)14-18-6-4-3-5-7-18/h3-7,10-11,17,19-20,22H,8-9,12-14H2,1-2H3. The molecule has 0 bridgehead atoms. The number of rotatable bonds is 6. The maximum Gasteiger partial charge on any atom is 0.0662 e. The van der Waals surface area contributed by atoms with Crippen LogP contribution >= 0.6 is 0 Å². The summed E-state index contributed by atoms with van der Waals surface area (Å²) in [4.78, 5) is 0. The minimum absolute atomic E-state index is 0.506. The van der Waals surface area contributed by atoms with Crippen molar-refractivity contribution in [1.29, 1.82) is 0 Å². The molecule has 4 rings (SSSR count). The van der Waals surface area contributed by atoms with Crippen molar-refractivity contribution in [3.63, 3.8) is 0 Å². The van der Waals surface area contributed by atoms with Crippen molar-refractivity contribution < 1.29 is 0 Å². The Kier molecular flexibility index (Phi) is 4.28. The van der Waals surface area contributed by atoms with Crippen molar-refractivity contribution in [3.8, 4) is 0 Å². The Morgan fingerprint density at radius 2 is 1.92 bits per heavy atom. The first-order chi connectivity index (χ1) is 11.7. The molecule has 0 amide bonds. The molecule has 2 unspecified atom stereocenters. The van der Waals surface area contributed by atoms with Gasteiger partial charge in [0.2, 0.25) is 0 Å². The van der Waals surface area contributed by atoms with Gasteiger partial charge >= 0.3 is 0 Å². The first-order valence-corrected chi connectivity index (χ1v) is 9.20. The maximum atomic E-state index is 4.82. The van der Waals surface area contributed by atoms with Gasteiger partial charge in [-0.05, 0) is 51.1 Å². The SMILES string of the molecule is Cc1nn(Cc2ccccc2)c(C)c1C1C=CC(NCC2CC2)C1. The van der Waals surface area contributed by atoms with Gasteiger partial charge in [0, 0.05) is 23.2 Å². The van der Waals surface area contributed by atoms with Gasteiger partial charge in [-0.1, -0.05) is 42.5 Å². The Hall–Kier alpha value is -1.87. The number of aryl methyl sites for hydroxylation is 1. The van der Waals surface area contributed by atoms with Crippen LogP contribution in [-0.4, -0.2) is 22.4 Å². The van der Waals surface area contributed by atoms with E-state index in [1.807, 2.05) is 0 Å². The predicted octanol–water partition coefficient (Wildman–Crippen LogP) is 3.96. The molecule has 1 aromatic carbocycles. The summed E-state index contributed by atoms with van der Waals surface area (Å²) in [6.07, 6.45) is 8.75. The van der Waals surface area contributed by atoms with E-state index in [2.05, 4.69) is 66.3 Å². The highest BCUT2D eigenvalue weighted by molar-refractivity contribution is 5.35. The van der Waals surface area contributed by atoms with Crippen LogP contribution in [0, 0.1) is 19.8 Å². The summed E-state index contributed by atoms with van der Waals surface area (Å²) >= 11 is 0. The molecule has 0 spiro atoms. The van der Waals surface area contributed by atoms with Gasteiger partial charge < -0.3 is 5.32 Å². The summed E-state index contributed by atoms with van der Waals surface area (Å²) in [5.41, 5.74) is 5.23. The van der Waals surface area contributed by atoms with Gasteiger partial charge in [-0.15, -0.1) is 0 Å². The Bertz CT molecular complexity index is 725. The second-order valence-electron chi connectivity index (χ2n) is 7.41. The summed E-state index contributed by atoms with van der Waals surface area (Å²) < 4.78 is 2.17. The van der Waals surface area contributed by atoms with E-state index < -0.39 is 0 Å². The van der Waals surface area contributed by atoms with Gasteiger partial charge in [-0.3, -0.25) is 4.68 Å². The molecule has 0 radical (unpaired) electrons. The lowest BCUT2D eigenvalue weighted by atomic mass is 9.96. The Morgan fingerprint density at radius 1 is 1.12 bits per heavy atom. The van der Waals surface area contributed by atoms with Crippen LogP contribution in [0.2, 0.25) is 0 Å². The molecule has 0 saturated heterocycles. The molecular formula is C21H27N3. The average molecular weight is 321 g/mol. The third kappa shape index (κ3) is 3.32. The van der Waals surface area contributed by atoms with E-state index in [1.165, 1.54) is 48.3 Å². The molecule has 3 heteroatoms. The number of allylic oxidation sites excluding steroid dienone is 1. The molecule has 1 aromatic heterocycles. The van der Waals surface area contributed by atoms with Crippen LogP contribution in [-0.2, 0) is 6.54 Å². The van der Waals surface area contributed by atoms with Gasteiger partial charge in [0.05, 0.1) is 12.2 Å². The lowest BCUT2D eigenvalue weighted by Gasteiger charge is -2.14. The van der Waals surface area contributed by atoms with Crippen LogP contribution in [0.5, 0.6) is 0 Å². The third-order valence-electron chi connectivity index (χ3n) is 5.43. The molecule has 3 nitrogen and oxygen atoms in total. The van der Waals surface area contributed by atoms with Crippen LogP contribution in [0.25, 0.3) is 0 Å². The highest BCUT2D eigenvalue weighted by atomic mass is 15.3. The molecule has 1 N–H and O–H groups in total. The van der Waals surface area contributed by atoms with E-state index in [1.54, 1.807) is 0 Å². The lowest BCUT2D eigenvalue weighted by molar-refractivity contribution is 0.539. The molecule has 24 heavy (non-hydrogen) atoms. The summed E-state index contributed by atoms with van der Waals surface area (Å²) in [6.45, 7) is 6.42. The quantitative estimate of drug-likeness (QED) is 0.816. The van der Waals surface area contributed by atoms with E-state index in [0.29, 0.717) is 12.0 Å². The van der Waals surface area contributed by atoms with Gasteiger partial charge in [0.1, 0.15) is 0 Å². The largest absolute Gasteiger partial charge is 0.310 e. The zero-order chi connectivity index (χ0) is 16.5. The Balaban J connectivity index is 1.46. The van der Waals surface area contributed by atoms with Crippen molar-refractivity contribution in [2.24, 2.45) is 5.92 Å². The van der Waals surface area contributed by atoms with Gasteiger partial charge in [0.25, 0.3) is 0 Å². The first-order valence-electron chi connectivity index (χ1n) is 9.20. The monoisotopic (exact) mass is 321 g/mol. The molecule has 0 aliphatic heterocycles. The first kappa shape index (κ1) is 15.6. The van der Waals surface area contributed by atoms with Gasteiger partial charge in [-0.2, -0.15) is 5.10 Å². The summed E-state index contributed by atoms with van der Waals surface area (Å²) in [5.74, 6) is 1.45. The van der Waals surface area contributed by atoms with Gasteiger partial charge in [-0.25, -0.2) is 0 Å². The lowest BCUT2D eigenvalue weighted by Crippen LogP contribution is -2.28. The molecule has 2 aromatic rings. The van der Waals surface area contributed by atoms with E-state index in [4.69, 9.17) is 5.10 Å². The normalized spacial score (nSPS) is 23.1. The Labute approximate surface area is 144 Å². The summed E-state index contributed by atoms with van der Waals surface area (Å²) in [5, 5.41) is 8.54. The molecule has 1 heterocycles. The fourth-order valence-electron chi connectivity index (χ4n) is 3.86. The molecule has 2 aliphatic carbocycles. The second kappa shape index (κ2) is 6.56. The number of nitrogens with zero attached hydrogens (tertiary/aromatic N) is 2. The van der Waals surface area contributed by atoms with Crippen molar-refractivity contribution in [1.82, 2.24) is 15.1 Å². The fourth-order valence-corrected chi connectivity index (χ4v) is 3.86. The second-order valence-corrected chi connectivity index (χ2v) is 7.41. The van der Waals surface area contributed by atoms with Crippen LogP contribution in [0.15, 0.2) is 42.5 Å². The van der Waals surface area contributed by atoms with Crippen molar-refractivity contribution >= 4 is 0 Å². The molecule has 126 valence electrons. The predicted molar refractivity (Wildman–Crippen MR) is 98.3 cm³/mol. The average Bonchev–Trinajstić information content (AvgIpc) is 3.24.